The van der Waals surface area contributed by atoms with E-state index in [4.69, 9.17) is 9.47 Å². The van der Waals surface area contributed by atoms with Crippen molar-refractivity contribution in [1.82, 2.24) is 4.90 Å². The van der Waals surface area contributed by atoms with Crippen LogP contribution in [0.5, 0.6) is 0 Å². The maximum Gasteiger partial charge on any atom is 0.347 e. The maximum atomic E-state index is 13.3. The van der Waals surface area contributed by atoms with Gasteiger partial charge in [-0.05, 0) is 30.6 Å². The molecule has 2 aromatic rings. The van der Waals surface area contributed by atoms with Gasteiger partial charge in [-0.1, -0.05) is 87.4 Å². The molecule has 0 saturated heterocycles. The van der Waals surface area contributed by atoms with Crippen LogP contribution in [0.4, 0.5) is 0 Å². The van der Waals surface area contributed by atoms with Crippen LogP contribution in [0.15, 0.2) is 60.7 Å². The highest BCUT2D eigenvalue weighted by Crippen LogP contribution is 2.34. The quantitative estimate of drug-likeness (QED) is 0.396. The molecule has 152 valence electrons. The molecule has 4 heteroatoms. The second kappa shape index (κ2) is 11.6. The number of rotatable bonds is 12. The van der Waals surface area contributed by atoms with E-state index < -0.39 is 5.60 Å². The van der Waals surface area contributed by atoms with Crippen molar-refractivity contribution in [2.24, 2.45) is 0 Å². The molecule has 0 heterocycles. The summed E-state index contributed by atoms with van der Waals surface area (Å²) in [5, 5.41) is 0. The van der Waals surface area contributed by atoms with Gasteiger partial charge in [0.2, 0.25) is 5.60 Å². The molecule has 0 aliphatic carbocycles. The molecule has 0 saturated carbocycles. The molecule has 2 rings (SSSR count). The Labute approximate surface area is 169 Å². The molecular weight excluding hydrogens is 350 g/mol. The average Bonchev–Trinajstić information content (AvgIpc) is 2.75. The summed E-state index contributed by atoms with van der Waals surface area (Å²) >= 11 is 0. The summed E-state index contributed by atoms with van der Waals surface area (Å²) < 4.78 is 11.6. The third kappa shape index (κ3) is 5.43. The lowest BCUT2D eigenvalue weighted by Gasteiger charge is -2.31. The lowest BCUT2D eigenvalue weighted by Crippen LogP contribution is -2.41. The van der Waals surface area contributed by atoms with E-state index in [2.05, 4.69) is 18.7 Å². The first-order valence-corrected chi connectivity index (χ1v) is 10.2. The lowest BCUT2D eigenvalue weighted by atomic mass is 9.86. The summed E-state index contributed by atoms with van der Waals surface area (Å²) in [6.45, 7) is 7.42. The first-order valence-electron chi connectivity index (χ1n) is 10.2. The van der Waals surface area contributed by atoms with E-state index in [1.165, 1.54) is 19.3 Å². The Morgan fingerprint density at radius 3 is 1.93 bits per heavy atom. The Morgan fingerprint density at radius 1 is 0.893 bits per heavy atom. The van der Waals surface area contributed by atoms with Crippen molar-refractivity contribution in [2.45, 2.75) is 38.7 Å². The summed E-state index contributed by atoms with van der Waals surface area (Å²) in [4.78, 5) is 15.6. The Kier molecular flexibility index (Phi) is 9.18. The maximum absolute atomic E-state index is 13.3. The molecule has 0 atom stereocenters. The van der Waals surface area contributed by atoms with Crippen molar-refractivity contribution in [3.8, 4) is 0 Å². The number of nitrogens with zero attached hydrogens (tertiary/aromatic N) is 1. The van der Waals surface area contributed by atoms with E-state index in [9.17, 15) is 4.79 Å². The number of esters is 1. The van der Waals surface area contributed by atoms with Crippen molar-refractivity contribution in [3.05, 3.63) is 71.8 Å². The van der Waals surface area contributed by atoms with E-state index >= 15 is 0 Å². The van der Waals surface area contributed by atoms with Crippen molar-refractivity contribution in [3.63, 3.8) is 0 Å². The molecule has 0 spiro atoms. The molecule has 0 aromatic heterocycles. The highest BCUT2D eigenvalue weighted by Gasteiger charge is 2.44. The Hall–Kier alpha value is -2.17. The molecule has 4 nitrogen and oxygen atoms in total. The summed E-state index contributed by atoms with van der Waals surface area (Å²) in [6, 6.07) is 19.1. The van der Waals surface area contributed by atoms with Gasteiger partial charge in [0.15, 0.2) is 0 Å². The first kappa shape index (κ1) is 22.1. The fourth-order valence-corrected chi connectivity index (χ4v) is 3.45. The molecule has 0 bridgehead atoms. The van der Waals surface area contributed by atoms with Crippen LogP contribution in [0, 0.1) is 0 Å². The van der Waals surface area contributed by atoms with Crippen LogP contribution in [0.1, 0.15) is 44.2 Å². The molecule has 0 radical (unpaired) electrons. The lowest BCUT2D eigenvalue weighted by molar-refractivity contribution is -0.165. The minimum Gasteiger partial charge on any atom is -0.462 e. The van der Waals surface area contributed by atoms with E-state index in [0.29, 0.717) is 6.61 Å². The van der Waals surface area contributed by atoms with Gasteiger partial charge >= 0.3 is 5.97 Å². The van der Waals surface area contributed by atoms with Gasteiger partial charge in [0, 0.05) is 13.7 Å². The third-order valence-electron chi connectivity index (χ3n) is 5.12. The van der Waals surface area contributed by atoms with Crippen LogP contribution in [0.2, 0.25) is 0 Å². The van der Waals surface area contributed by atoms with E-state index in [1.807, 2.05) is 60.7 Å². The van der Waals surface area contributed by atoms with Crippen molar-refractivity contribution in [2.75, 3.05) is 33.4 Å². The zero-order chi connectivity index (χ0) is 20.2. The number of methoxy groups -OCH3 is 1. The van der Waals surface area contributed by atoms with E-state index in [0.717, 1.165) is 30.8 Å². The van der Waals surface area contributed by atoms with Crippen LogP contribution in [0.25, 0.3) is 0 Å². The van der Waals surface area contributed by atoms with Gasteiger partial charge < -0.3 is 14.4 Å². The molecule has 0 unspecified atom stereocenters. The fraction of sp³-hybridized carbons (Fsp3) is 0.458. The SMILES string of the molecule is CCCCCN(CC)CCOC(=O)C(OC)(c1ccccc1)c1ccccc1. The smallest absolute Gasteiger partial charge is 0.347 e. The summed E-state index contributed by atoms with van der Waals surface area (Å²) in [7, 11) is 1.56. The van der Waals surface area contributed by atoms with Gasteiger partial charge in [0.25, 0.3) is 0 Å². The van der Waals surface area contributed by atoms with Crippen LogP contribution < -0.4 is 0 Å². The predicted octanol–water partition coefficient (Wildman–Crippen LogP) is 4.63. The van der Waals surface area contributed by atoms with Crippen LogP contribution in [-0.4, -0.2) is 44.2 Å². The Balaban J connectivity index is 2.14. The normalized spacial score (nSPS) is 11.6. The van der Waals surface area contributed by atoms with Gasteiger partial charge in [-0.3, -0.25) is 0 Å². The van der Waals surface area contributed by atoms with Crippen molar-refractivity contribution in [1.29, 1.82) is 0 Å². The van der Waals surface area contributed by atoms with Crippen molar-refractivity contribution < 1.29 is 14.3 Å². The minimum absolute atomic E-state index is 0.351. The molecule has 0 aliphatic rings. The highest BCUT2D eigenvalue weighted by atomic mass is 16.6. The molecule has 0 N–H and O–H groups in total. The van der Waals surface area contributed by atoms with Gasteiger partial charge in [-0.25, -0.2) is 4.79 Å². The van der Waals surface area contributed by atoms with Gasteiger partial charge in [-0.2, -0.15) is 0 Å². The third-order valence-corrected chi connectivity index (χ3v) is 5.12. The highest BCUT2D eigenvalue weighted by molar-refractivity contribution is 5.85. The molecule has 0 amide bonds. The minimum atomic E-state index is -1.26. The zero-order valence-corrected chi connectivity index (χ0v) is 17.4. The first-order chi connectivity index (χ1) is 13.7. The number of carbonyl (C=O) groups is 1. The Bertz CT molecular complexity index is 648. The topological polar surface area (TPSA) is 38.8 Å². The number of hydrogen-bond donors (Lipinski definition) is 0. The molecular formula is C24H33NO3. The summed E-state index contributed by atoms with van der Waals surface area (Å²) in [5.41, 5.74) is 0.273. The Morgan fingerprint density at radius 2 is 1.46 bits per heavy atom. The number of hydrogen-bond acceptors (Lipinski definition) is 4. The second-order valence-corrected chi connectivity index (χ2v) is 6.89. The predicted molar refractivity (Wildman–Crippen MR) is 113 cm³/mol. The summed E-state index contributed by atoms with van der Waals surface area (Å²) in [5.74, 6) is -0.378. The molecule has 0 fully saturated rings. The van der Waals surface area contributed by atoms with Gasteiger partial charge in [0.1, 0.15) is 6.61 Å². The van der Waals surface area contributed by atoms with E-state index in [-0.39, 0.29) is 5.97 Å². The van der Waals surface area contributed by atoms with Crippen LogP contribution in [-0.2, 0) is 19.9 Å². The number of likely N-dealkylation sites (N-methyl/N-ethyl adjacent to an activating group) is 1. The standard InChI is InChI=1S/C24H33NO3/c1-4-6-13-18-25(5-2)19-20-28-23(26)24(27-3,21-14-9-7-10-15-21)22-16-11-8-12-17-22/h7-12,14-17H,4-6,13,18-20H2,1-3H3. The summed E-state index contributed by atoms with van der Waals surface area (Å²) in [6.07, 6.45) is 3.61. The fourth-order valence-electron chi connectivity index (χ4n) is 3.45. The molecule has 28 heavy (non-hydrogen) atoms. The average molecular weight is 384 g/mol. The molecule has 2 aromatic carbocycles. The number of ether oxygens (including phenoxy) is 2. The largest absolute Gasteiger partial charge is 0.462 e. The number of carbonyl (C=O) groups excluding carboxylic acids is 1. The monoisotopic (exact) mass is 383 g/mol. The van der Waals surface area contributed by atoms with Gasteiger partial charge in [0.05, 0.1) is 0 Å². The van der Waals surface area contributed by atoms with Crippen molar-refractivity contribution >= 4 is 5.97 Å². The number of unbranched alkanes of at least 4 members (excludes halogenated alkanes) is 2. The van der Waals surface area contributed by atoms with Crippen LogP contribution in [0.3, 0.4) is 0 Å². The van der Waals surface area contributed by atoms with Crippen LogP contribution >= 0.6 is 0 Å². The molecule has 0 aliphatic heterocycles. The second-order valence-electron chi connectivity index (χ2n) is 6.89. The van der Waals surface area contributed by atoms with Gasteiger partial charge in [-0.15, -0.1) is 0 Å². The van der Waals surface area contributed by atoms with E-state index in [1.54, 1.807) is 7.11 Å². The number of benzene rings is 2. The zero-order valence-electron chi connectivity index (χ0n) is 17.4.